The molecular formula is C18H23N3O. The highest BCUT2D eigenvalue weighted by Gasteiger charge is 2.23. The van der Waals surface area contributed by atoms with Crippen LogP contribution in [-0.2, 0) is 0 Å². The van der Waals surface area contributed by atoms with Gasteiger partial charge < -0.3 is 16.0 Å². The quantitative estimate of drug-likeness (QED) is 0.912. The normalized spacial score (nSPS) is 18.4. The van der Waals surface area contributed by atoms with Gasteiger partial charge in [0.1, 0.15) is 0 Å². The average Bonchev–Trinajstić information content (AvgIpc) is 2.56. The number of fused-ring (bicyclic) bond motifs is 1. The van der Waals surface area contributed by atoms with E-state index in [1.807, 2.05) is 35.2 Å². The van der Waals surface area contributed by atoms with Gasteiger partial charge in [-0.1, -0.05) is 36.4 Å². The van der Waals surface area contributed by atoms with E-state index in [-0.39, 0.29) is 6.03 Å². The van der Waals surface area contributed by atoms with E-state index in [4.69, 9.17) is 5.73 Å². The number of carbonyl (C=O) groups excluding carboxylic acids is 1. The van der Waals surface area contributed by atoms with Crippen LogP contribution < -0.4 is 11.1 Å². The fourth-order valence-electron chi connectivity index (χ4n) is 3.25. The Morgan fingerprint density at radius 2 is 2.05 bits per heavy atom. The van der Waals surface area contributed by atoms with Crippen molar-refractivity contribution in [2.45, 2.75) is 19.3 Å². The maximum absolute atomic E-state index is 12.5. The van der Waals surface area contributed by atoms with Crippen LogP contribution in [0.4, 0.5) is 10.5 Å². The molecule has 1 heterocycles. The smallest absolute Gasteiger partial charge is 0.321 e. The molecule has 3 N–H and O–H groups in total. The minimum Gasteiger partial charge on any atom is -0.330 e. The average molecular weight is 297 g/mol. The van der Waals surface area contributed by atoms with Crippen LogP contribution in [0.25, 0.3) is 10.8 Å². The second-order valence-electron chi connectivity index (χ2n) is 5.99. The lowest BCUT2D eigenvalue weighted by molar-refractivity contribution is 0.175. The molecule has 116 valence electrons. The van der Waals surface area contributed by atoms with E-state index in [2.05, 4.69) is 17.4 Å². The van der Waals surface area contributed by atoms with E-state index in [0.717, 1.165) is 42.4 Å². The summed E-state index contributed by atoms with van der Waals surface area (Å²) < 4.78 is 0. The first kappa shape index (κ1) is 14.9. The third-order valence-electron chi connectivity index (χ3n) is 4.41. The van der Waals surface area contributed by atoms with Crippen molar-refractivity contribution >= 4 is 22.5 Å². The van der Waals surface area contributed by atoms with Crippen LogP contribution in [0.3, 0.4) is 0 Å². The molecule has 0 spiro atoms. The van der Waals surface area contributed by atoms with Crippen molar-refractivity contribution in [3.8, 4) is 0 Å². The molecule has 1 unspecified atom stereocenters. The van der Waals surface area contributed by atoms with Gasteiger partial charge >= 0.3 is 6.03 Å². The molecule has 2 amide bonds. The zero-order chi connectivity index (χ0) is 15.4. The van der Waals surface area contributed by atoms with Crippen molar-refractivity contribution < 1.29 is 4.79 Å². The SMILES string of the molecule is NCCC1CCCN(C(=O)Nc2cccc3ccccc23)C1. The van der Waals surface area contributed by atoms with E-state index in [1.165, 1.54) is 6.42 Å². The number of hydrogen-bond donors (Lipinski definition) is 2. The number of hydrogen-bond acceptors (Lipinski definition) is 2. The Morgan fingerprint density at radius 1 is 1.23 bits per heavy atom. The molecule has 1 saturated heterocycles. The molecule has 2 aromatic rings. The molecule has 0 bridgehead atoms. The lowest BCUT2D eigenvalue weighted by Crippen LogP contribution is -2.42. The van der Waals surface area contributed by atoms with Crippen molar-refractivity contribution in [1.29, 1.82) is 0 Å². The van der Waals surface area contributed by atoms with E-state index in [0.29, 0.717) is 12.5 Å². The van der Waals surface area contributed by atoms with Crippen LogP contribution in [0, 0.1) is 5.92 Å². The Kier molecular flexibility index (Phi) is 4.59. The van der Waals surface area contributed by atoms with Gasteiger partial charge in [-0.25, -0.2) is 4.79 Å². The molecule has 1 atom stereocenters. The highest BCUT2D eigenvalue weighted by atomic mass is 16.2. The fraction of sp³-hybridized carbons (Fsp3) is 0.389. The van der Waals surface area contributed by atoms with E-state index >= 15 is 0 Å². The summed E-state index contributed by atoms with van der Waals surface area (Å²) in [6.45, 7) is 2.34. The largest absolute Gasteiger partial charge is 0.330 e. The second-order valence-corrected chi connectivity index (χ2v) is 5.99. The standard InChI is InChI=1S/C18H23N3O/c19-11-10-14-5-4-12-21(13-14)18(22)20-17-9-3-7-15-6-1-2-8-16(15)17/h1-3,6-9,14H,4-5,10-13,19H2,(H,20,22). The minimum absolute atomic E-state index is 0.00178. The first-order valence-electron chi connectivity index (χ1n) is 8.01. The Hall–Kier alpha value is -2.07. The van der Waals surface area contributed by atoms with Crippen molar-refractivity contribution in [2.24, 2.45) is 11.7 Å². The summed E-state index contributed by atoms with van der Waals surface area (Å²) >= 11 is 0. The lowest BCUT2D eigenvalue weighted by Gasteiger charge is -2.32. The van der Waals surface area contributed by atoms with Crippen molar-refractivity contribution in [1.82, 2.24) is 4.90 Å². The number of nitrogens with zero attached hydrogens (tertiary/aromatic N) is 1. The van der Waals surface area contributed by atoms with Crippen LogP contribution in [0.1, 0.15) is 19.3 Å². The maximum Gasteiger partial charge on any atom is 0.321 e. The van der Waals surface area contributed by atoms with Gasteiger partial charge in [0.25, 0.3) is 0 Å². The van der Waals surface area contributed by atoms with Crippen molar-refractivity contribution in [2.75, 3.05) is 25.0 Å². The van der Waals surface area contributed by atoms with Gasteiger partial charge in [-0.3, -0.25) is 0 Å². The topological polar surface area (TPSA) is 58.4 Å². The number of anilines is 1. The minimum atomic E-state index is -0.00178. The summed E-state index contributed by atoms with van der Waals surface area (Å²) in [5, 5.41) is 5.29. The molecule has 0 aliphatic carbocycles. The molecule has 0 radical (unpaired) electrons. The highest BCUT2D eigenvalue weighted by Crippen LogP contribution is 2.24. The second kappa shape index (κ2) is 6.79. The van der Waals surface area contributed by atoms with Gasteiger partial charge in [0, 0.05) is 18.5 Å². The van der Waals surface area contributed by atoms with Crippen LogP contribution in [0.15, 0.2) is 42.5 Å². The zero-order valence-corrected chi connectivity index (χ0v) is 12.8. The number of urea groups is 1. The molecule has 0 aromatic heterocycles. The van der Waals surface area contributed by atoms with Crippen LogP contribution in [-0.4, -0.2) is 30.6 Å². The molecule has 4 nitrogen and oxygen atoms in total. The first-order valence-corrected chi connectivity index (χ1v) is 8.01. The van der Waals surface area contributed by atoms with Crippen LogP contribution in [0.2, 0.25) is 0 Å². The van der Waals surface area contributed by atoms with E-state index in [1.54, 1.807) is 0 Å². The monoisotopic (exact) mass is 297 g/mol. The molecule has 1 fully saturated rings. The zero-order valence-electron chi connectivity index (χ0n) is 12.8. The Balaban J connectivity index is 1.73. The van der Waals surface area contributed by atoms with E-state index in [9.17, 15) is 4.79 Å². The molecule has 1 aliphatic rings. The van der Waals surface area contributed by atoms with Gasteiger partial charge in [0.15, 0.2) is 0 Å². The third-order valence-corrected chi connectivity index (χ3v) is 4.41. The van der Waals surface area contributed by atoms with Gasteiger partial charge in [0.05, 0.1) is 5.69 Å². The number of benzene rings is 2. The van der Waals surface area contributed by atoms with Gasteiger partial charge in [-0.05, 0) is 43.2 Å². The third kappa shape index (κ3) is 3.22. The number of likely N-dealkylation sites (tertiary alicyclic amines) is 1. The van der Waals surface area contributed by atoms with Gasteiger partial charge in [-0.2, -0.15) is 0 Å². The van der Waals surface area contributed by atoms with Gasteiger partial charge in [0.2, 0.25) is 0 Å². The Morgan fingerprint density at radius 3 is 2.91 bits per heavy atom. The maximum atomic E-state index is 12.5. The number of carbonyl (C=O) groups is 1. The number of nitrogens with two attached hydrogens (primary N) is 1. The summed E-state index contributed by atoms with van der Waals surface area (Å²) in [6.07, 6.45) is 3.24. The van der Waals surface area contributed by atoms with Crippen molar-refractivity contribution in [3.05, 3.63) is 42.5 Å². The predicted octanol–water partition coefficient (Wildman–Crippen LogP) is 3.43. The molecule has 4 heteroatoms. The molecule has 3 rings (SSSR count). The first-order chi connectivity index (χ1) is 10.8. The van der Waals surface area contributed by atoms with Crippen LogP contribution in [0.5, 0.6) is 0 Å². The Labute approximate surface area is 131 Å². The summed E-state index contributed by atoms with van der Waals surface area (Å²) in [5.41, 5.74) is 6.53. The number of rotatable bonds is 3. The highest BCUT2D eigenvalue weighted by molar-refractivity contribution is 6.01. The van der Waals surface area contributed by atoms with Crippen LogP contribution >= 0.6 is 0 Å². The summed E-state index contributed by atoms with van der Waals surface area (Å²) in [6, 6.07) is 14.1. The Bertz CT molecular complexity index is 648. The molecule has 22 heavy (non-hydrogen) atoms. The summed E-state index contributed by atoms with van der Waals surface area (Å²) in [7, 11) is 0. The summed E-state index contributed by atoms with van der Waals surface area (Å²) in [5.74, 6) is 0.539. The molecular weight excluding hydrogens is 274 g/mol. The lowest BCUT2D eigenvalue weighted by atomic mass is 9.95. The van der Waals surface area contributed by atoms with Gasteiger partial charge in [-0.15, -0.1) is 0 Å². The molecule has 2 aromatic carbocycles. The number of amides is 2. The number of piperidine rings is 1. The number of nitrogens with one attached hydrogen (secondary N) is 1. The van der Waals surface area contributed by atoms with Crippen molar-refractivity contribution in [3.63, 3.8) is 0 Å². The molecule has 1 aliphatic heterocycles. The fourth-order valence-corrected chi connectivity index (χ4v) is 3.25. The van der Waals surface area contributed by atoms with E-state index < -0.39 is 0 Å². The molecule has 0 saturated carbocycles. The summed E-state index contributed by atoms with van der Waals surface area (Å²) in [4.78, 5) is 14.5. The predicted molar refractivity (Wildman–Crippen MR) is 90.9 cm³/mol.